The maximum absolute atomic E-state index is 12.0. The van der Waals surface area contributed by atoms with E-state index in [1.54, 1.807) is 0 Å². The van der Waals surface area contributed by atoms with Gasteiger partial charge in [0.25, 0.3) is 0 Å². The van der Waals surface area contributed by atoms with Crippen LogP contribution in [0.1, 0.15) is 26.7 Å². The van der Waals surface area contributed by atoms with Gasteiger partial charge in [0.1, 0.15) is 0 Å². The van der Waals surface area contributed by atoms with Crippen molar-refractivity contribution in [2.24, 2.45) is 0 Å². The van der Waals surface area contributed by atoms with Gasteiger partial charge < -0.3 is 25.2 Å². The highest BCUT2D eigenvalue weighted by Crippen LogP contribution is 2.13. The lowest BCUT2D eigenvalue weighted by molar-refractivity contribution is -0.141. The third-order valence-corrected chi connectivity index (χ3v) is 3.14. The Morgan fingerprint density at radius 3 is 2.63 bits per heavy atom. The number of carbonyl (C=O) groups is 2. The van der Waals surface area contributed by atoms with Crippen LogP contribution in [-0.2, 0) is 9.53 Å². The predicted octanol–water partition coefficient (Wildman–Crippen LogP) is 0.0309. The minimum absolute atomic E-state index is 0.0144. The van der Waals surface area contributed by atoms with Crippen LogP contribution >= 0.6 is 0 Å². The van der Waals surface area contributed by atoms with E-state index in [9.17, 15) is 14.7 Å². The summed E-state index contributed by atoms with van der Waals surface area (Å²) in [7, 11) is 0. The van der Waals surface area contributed by atoms with Crippen molar-refractivity contribution in [2.45, 2.75) is 44.9 Å². The number of ether oxygens (including phenoxy) is 1. The molecule has 1 saturated heterocycles. The van der Waals surface area contributed by atoms with E-state index in [0.717, 1.165) is 12.8 Å². The van der Waals surface area contributed by atoms with Crippen LogP contribution in [0.25, 0.3) is 0 Å². The molecule has 0 aromatic carbocycles. The van der Waals surface area contributed by atoms with E-state index in [0.29, 0.717) is 19.7 Å². The Morgan fingerprint density at radius 2 is 2.21 bits per heavy atom. The van der Waals surface area contributed by atoms with E-state index in [1.165, 1.54) is 11.8 Å². The van der Waals surface area contributed by atoms with Crippen molar-refractivity contribution in [1.82, 2.24) is 10.2 Å². The molecule has 0 radical (unpaired) electrons. The number of aliphatic hydroxyl groups is 1. The molecular weight excluding hydrogens is 252 g/mol. The number of hydrogen-bond donors (Lipinski definition) is 3. The number of likely N-dealkylation sites (N-methyl/N-ethyl adjacent to an activating group) is 1. The Bertz CT molecular complexity index is 315. The summed E-state index contributed by atoms with van der Waals surface area (Å²) in [5.41, 5.74) is 0. The zero-order valence-corrected chi connectivity index (χ0v) is 11.3. The predicted molar refractivity (Wildman–Crippen MR) is 67.9 cm³/mol. The smallest absolute Gasteiger partial charge is 0.328 e. The first-order chi connectivity index (χ1) is 8.95. The summed E-state index contributed by atoms with van der Waals surface area (Å²) < 4.78 is 5.45. The maximum atomic E-state index is 12.0. The van der Waals surface area contributed by atoms with Gasteiger partial charge in [-0.3, -0.25) is 0 Å². The number of nitrogens with zero attached hydrogens (tertiary/aromatic N) is 1. The Labute approximate surface area is 112 Å². The molecule has 1 fully saturated rings. The summed E-state index contributed by atoms with van der Waals surface area (Å²) >= 11 is 0. The van der Waals surface area contributed by atoms with Crippen molar-refractivity contribution < 1.29 is 24.5 Å². The lowest BCUT2D eigenvalue weighted by atomic mass is 10.2. The minimum Gasteiger partial charge on any atom is -0.480 e. The molecule has 19 heavy (non-hydrogen) atoms. The van der Waals surface area contributed by atoms with Gasteiger partial charge >= 0.3 is 12.0 Å². The summed E-state index contributed by atoms with van der Waals surface area (Å²) in [5.74, 6) is -1.25. The van der Waals surface area contributed by atoms with E-state index in [1.807, 2.05) is 6.92 Å². The SMILES string of the molecule is CCN(CC1CCCO1)C(=O)NC(C(=O)O)C(C)O. The van der Waals surface area contributed by atoms with Crippen LogP contribution in [0.2, 0.25) is 0 Å². The van der Waals surface area contributed by atoms with Gasteiger partial charge in [0.15, 0.2) is 6.04 Å². The summed E-state index contributed by atoms with van der Waals surface area (Å²) in [4.78, 5) is 24.4. The molecule has 3 unspecified atom stereocenters. The number of urea groups is 1. The molecule has 3 atom stereocenters. The van der Waals surface area contributed by atoms with Crippen LogP contribution in [0.15, 0.2) is 0 Å². The number of carboxylic acid groups (broad SMARTS) is 1. The standard InChI is InChI=1S/C12H22N2O5/c1-3-14(7-9-5-4-6-19-9)12(18)13-10(8(2)15)11(16)17/h8-10,15H,3-7H2,1-2H3,(H,13,18)(H,16,17). The first-order valence-electron chi connectivity index (χ1n) is 6.53. The van der Waals surface area contributed by atoms with Crippen LogP contribution in [-0.4, -0.2) is 65.1 Å². The van der Waals surface area contributed by atoms with E-state index in [2.05, 4.69) is 5.32 Å². The van der Waals surface area contributed by atoms with Gasteiger partial charge in [0.05, 0.1) is 12.2 Å². The second-order valence-corrected chi connectivity index (χ2v) is 4.68. The van der Waals surface area contributed by atoms with Gasteiger partial charge in [0, 0.05) is 19.7 Å². The van der Waals surface area contributed by atoms with E-state index < -0.39 is 24.1 Å². The summed E-state index contributed by atoms with van der Waals surface area (Å²) in [6.45, 7) is 4.74. The van der Waals surface area contributed by atoms with Gasteiger partial charge in [0.2, 0.25) is 0 Å². The molecule has 1 aliphatic rings. The van der Waals surface area contributed by atoms with Crippen molar-refractivity contribution in [3.63, 3.8) is 0 Å². The monoisotopic (exact) mass is 274 g/mol. The Morgan fingerprint density at radius 1 is 1.53 bits per heavy atom. The van der Waals surface area contributed by atoms with Gasteiger partial charge in [-0.15, -0.1) is 0 Å². The third-order valence-electron chi connectivity index (χ3n) is 3.14. The van der Waals surface area contributed by atoms with Crippen LogP contribution in [0, 0.1) is 0 Å². The first kappa shape index (κ1) is 15.7. The van der Waals surface area contributed by atoms with Gasteiger partial charge in [-0.25, -0.2) is 9.59 Å². The molecule has 1 rings (SSSR count). The number of rotatable bonds is 6. The minimum atomic E-state index is -1.30. The fraction of sp³-hybridized carbons (Fsp3) is 0.833. The average molecular weight is 274 g/mol. The van der Waals surface area contributed by atoms with Crippen LogP contribution in [0.4, 0.5) is 4.79 Å². The summed E-state index contributed by atoms with van der Waals surface area (Å²) in [5, 5.41) is 20.6. The van der Waals surface area contributed by atoms with Crippen molar-refractivity contribution in [3.8, 4) is 0 Å². The van der Waals surface area contributed by atoms with Gasteiger partial charge in [-0.1, -0.05) is 0 Å². The lowest BCUT2D eigenvalue weighted by Crippen LogP contribution is -2.53. The second kappa shape index (κ2) is 7.30. The fourth-order valence-electron chi connectivity index (χ4n) is 2.00. The van der Waals surface area contributed by atoms with Crippen molar-refractivity contribution in [1.29, 1.82) is 0 Å². The summed E-state index contributed by atoms with van der Waals surface area (Å²) in [6.07, 6.45) is 0.751. The highest BCUT2D eigenvalue weighted by molar-refractivity contribution is 5.83. The van der Waals surface area contributed by atoms with E-state index in [4.69, 9.17) is 9.84 Å². The first-order valence-corrected chi connectivity index (χ1v) is 6.53. The van der Waals surface area contributed by atoms with Crippen LogP contribution in [0.3, 0.4) is 0 Å². The molecule has 2 amide bonds. The Balaban J connectivity index is 2.54. The fourth-order valence-corrected chi connectivity index (χ4v) is 2.00. The topological polar surface area (TPSA) is 99.1 Å². The van der Waals surface area contributed by atoms with Crippen LogP contribution in [0.5, 0.6) is 0 Å². The van der Waals surface area contributed by atoms with E-state index in [-0.39, 0.29) is 6.10 Å². The van der Waals surface area contributed by atoms with Crippen molar-refractivity contribution in [2.75, 3.05) is 19.7 Å². The number of amides is 2. The summed E-state index contributed by atoms with van der Waals surface area (Å²) in [6, 6.07) is -1.79. The number of aliphatic carboxylic acids is 1. The second-order valence-electron chi connectivity index (χ2n) is 4.68. The van der Waals surface area contributed by atoms with E-state index >= 15 is 0 Å². The molecule has 0 spiro atoms. The number of carbonyl (C=O) groups excluding carboxylic acids is 1. The highest BCUT2D eigenvalue weighted by Gasteiger charge is 2.28. The van der Waals surface area contributed by atoms with Crippen molar-refractivity contribution in [3.05, 3.63) is 0 Å². The molecule has 110 valence electrons. The van der Waals surface area contributed by atoms with Crippen LogP contribution < -0.4 is 5.32 Å². The zero-order valence-electron chi connectivity index (χ0n) is 11.3. The third kappa shape index (κ3) is 4.68. The number of aliphatic hydroxyl groups excluding tert-OH is 1. The normalized spacial score (nSPS) is 21.7. The Hall–Kier alpha value is -1.34. The molecule has 0 saturated carbocycles. The quantitative estimate of drug-likeness (QED) is 0.634. The molecule has 7 nitrogen and oxygen atoms in total. The number of hydrogen-bond acceptors (Lipinski definition) is 4. The Kier molecular flexibility index (Phi) is 6.04. The molecule has 1 heterocycles. The highest BCUT2D eigenvalue weighted by atomic mass is 16.5. The van der Waals surface area contributed by atoms with Gasteiger partial charge in [-0.2, -0.15) is 0 Å². The zero-order chi connectivity index (χ0) is 14.4. The molecular formula is C12H22N2O5. The lowest BCUT2D eigenvalue weighted by Gasteiger charge is -2.26. The maximum Gasteiger partial charge on any atom is 0.328 e. The van der Waals surface area contributed by atoms with Crippen molar-refractivity contribution >= 4 is 12.0 Å². The largest absolute Gasteiger partial charge is 0.480 e. The number of carboxylic acids is 1. The average Bonchev–Trinajstić information content (AvgIpc) is 2.84. The molecule has 1 aliphatic heterocycles. The molecule has 0 aromatic rings. The molecule has 7 heteroatoms. The molecule has 3 N–H and O–H groups in total. The molecule has 0 aliphatic carbocycles. The van der Waals surface area contributed by atoms with Gasteiger partial charge in [-0.05, 0) is 26.7 Å². The number of nitrogens with one attached hydrogen (secondary N) is 1. The molecule has 0 aromatic heterocycles. The molecule has 0 bridgehead atoms.